The first-order valence-corrected chi connectivity index (χ1v) is 10.3. The van der Waals surface area contributed by atoms with Gasteiger partial charge in [-0.25, -0.2) is 4.79 Å². The summed E-state index contributed by atoms with van der Waals surface area (Å²) in [5.74, 6) is 0.827. The van der Waals surface area contributed by atoms with E-state index in [1.54, 1.807) is 59.7 Å². The number of nitrogens with zero attached hydrogens (tertiary/aromatic N) is 1. The smallest absolute Gasteiger partial charge is 0.322 e. The van der Waals surface area contributed by atoms with Crippen molar-refractivity contribution in [2.75, 3.05) is 11.6 Å². The number of carbonyl (C=O) groups is 1. The number of hydrogen-bond acceptors (Lipinski definition) is 5. The molecule has 2 aromatic carbocycles. The first kappa shape index (κ1) is 19.5. The van der Waals surface area contributed by atoms with Crippen molar-refractivity contribution in [3.63, 3.8) is 0 Å². The minimum Gasteiger partial charge on any atom is -0.467 e. The van der Waals surface area contributed by atoms with Crippen LogP contribution in [0.3, 0.4) is 0 Å². The molecule has 1 aromatic heterocycles. The molecule has 0 spiro atoms. The second-order valence-corrected chi connectivity index (χ2v) is 7.74. The van der Waals surface area contributed by atoms with Crippen LogP contribution in [0.25, 0.3) is 0 Å². The Labute approximate surface area is 163 Å². The molecule has 0 unspecified atom stereocenters. The maximum atomic E-state index is 12.8. The Morgan fingerprint density at radius 1 is 1.04 bits per heavy atom. The zero-order valence-electron chi connectivity index (χ0n) is 15.2. The second-order valence-electron chi connectivity index (χ2n) is 6.17. The highest BCUT2D eigenvalue weighted by atomic mass is 32.2. The van der Waals surface area contributed by atoms with Crippen molar-refractivity contribution >= 4 is 21.8 Å². The summed E-state index contributed by atoms with van der Waals surface area (Å²) in [6.45, 7) is 0.489. The van der Waals surface area contributed by atoms with Crippen molar-refractivity contribution in [2.24, 2.45) is 0 Å². The lowest BCUT2D eigenvalue weighted by molar-refractivity contribution is 0.201. The molecule has 0 aliphatic rings. The van der Waals surface area contributed by atoms with E-state index in [2.05, 4.69) is 5.32 Å². The molecule has 0 bridgehead atoms. The van der Waals surface area contributed by atoms with Crippen LogP contribution in [0.4, 0.5) is 10.5 Å². The lowest BCUT2D eigenvalue weighted by Gasteiger charge is -2.22. The van der Waals surface area contributed by atoms with Gasteiger partial charge in [0.1, 0.15) is 11.5 Å². The quantitative estimate of drug-likeness (QED) is 0.609. The SMILES string of the molecule is CS(=O)(=O)Oc1cccc(CN(Cc2ccco2)C(=O)Nc2ccccc2)c1. The van der Waals surface area contributed by atoms with Gasteiger partial charge in [0.2, 0.25) is 0 Å². The molecule has 3 rings (SSSR count). The van der Waals surface area contributed by atoms with Crippen molar-refractivity contribution in [1.82, 2.24) is 4.90 Å². The predicted octanol–water partition coefficient (Wildman–Crippen LogP) is 3.85. The van der Waals surface area contributed by atoms with E-state index < -0.39 is 10.1 Å². The molecule has 7 nitrogen and oxygen atoms in total. The summed E-state index contributed by atoms with van der Waals surface area (Å²) < 4.78 is 33.0. The van der Waals surface area contributed by atoms with Crippen LogP contribution in [-0.2, 0) is 23.2 Å². The van der Waals surface area contributed by atoms with Crippen molar-refractivity contribution in [1.29, 1.82) is 0 Å². The Morgan fingerprint density at radius 3 is 2.50 bits per heavy atom. The standard InChI is InChI=1S/C20H20N2O5S/c1-28(24,25)27-18-10-5-7-16(13-18)14-22(15-19-11-6-12-26-19)20(23)21-17-8-3-2-4-9-17/h2-13H,14-15H2,1H3,(H,21,23). The molecule has 0 atom stereocenters. The van der Waals surface area contributed by atoms with Gasteiger partial charge in [0, 0.05) is 12.2 Å². The Morgan fingerprint density at radius 2 is 1.82 bits per heavy atom. The predicted molar refractivity (Wildman–Crippen MR) is 105 cm³/mol. The van der Waals surface area contributed by atoms with Gasteiger partial charge in [-0.15, -0.1) is 0 Å². The van der Waals surface area contributed by atoms with Gasteiger partial charge in [0.15, 0.2) is 0 Å². The molecular weight excluding hydrogens is 380 g/mol. The van der Waals surface area contributed by atoms with E-state index in [1.807, 2.05) is 18.2 Å². The third-order valence-electron chi connectivity index (χ3n) is 3.76. The molecule has 1 N–H and O–H groups in total. The lowest BCUT2D eigenvalue weighted by Crippen LogP contribution is -2.34. The summed E-state index contributed by atoms with van der Waals surface area (Å²) in [7, 11) is -3.63. The topological polar surface area (TPSA) is 88.9 Å². The summed E-state index contributed by atoms with van der Waals surface area (Å²) in [5.41, 5.74) is 1.39. The number of furan rings is 1. The number of carbonyl (C=O) groups excluding carboxylic acids is 1. The molecule has 2 amide bonds. The fourth-order valence-electron chi connectivity index (χ4n) is 2.61. The third kappa shape index (κ3) is 5.88. The number of nitrogens with one attached hydrogen (secondary N) is 1. The molecule has 146 valence electrons. The van der Waals surface area contributed by atoms with Crippen LogP contribution < -0.4 is 9.50 Å². The molecule has 1 heterocycles. The van der Waals surface area contributed by atoms with Crippen LogP contribution in [0, 0.1) is 0 Å². The van der Waals surface area contributed by atoms with E-state index in [4.69, 9.17) is 8.60 Å². The minimum absolute atomic E-state index is 0.196. The van der Waals surface area contributed by atoms with E-state index in [0.29, 0.717) is 11.4 Å². The van der Waals surface area contributed by atoms with Gasteiger partial charge in [0.05, 0.1) is 19.1 Å². The Hall–Kier alpha value is -3.26. The normalized spacial score (nSPS) is 11.0. The van der Waals surface area contributed by atoms with Gasteiger partial charge < -0.3 is 18.8 Å². The molecule has 0 aliphatic carbocycles. The van der Waals surface area contributed by atoms with Gasteiger partial charge in [0.25, 0.3) is 0 Å². The van der Waals surface area contributed by atoms with Crippen LogP contribution in [0.1, 0.15) is 11.3 Å². The average Bonchev–Trinajstić information content (AvgIpc) is 3.14. The summed E-state index contributed by atoms with van der Waals surface area (Å²) in [6, 6.07) is 19.0. The summed E-state index contributed by atoms with van der Waals surface area (Å²) >= 11 is 0. The molecule has 0 fully saturated rings. The van der Waals surface area contributed by atoms with Gasteiger partial charge in [-0.05, 0) is 42.0 Å². The van der Waals surface area contributed by atoms with E-state index >= 15 is 0 Å². The lowest BCUT2D eigenvalue weighted by atomic mass is 10.2. The number of urea groups is 1. The molecule has 0 radical (unpaired) electrons. The number of anilines is 1. The Kier molecular flexibility index (Phi) is 6.00. The van der Waals surface area contributed by atoms with Crippen LogP contribution in [0.2, 0.25) is 0 Å². The van der Waals surface area contributed by atoms with E-state index in [-0.39, 0.29) is 24.9 Å². The van der Waals surface area contributed by atoms with Crippen LogP contribution in [0.5, 0.6) is 5.75 Å². The van der Waals surface area contributed by atoms with Crippen LogP contribution >= 0.6 is 0 Å². The van der Waals surface area contributed by atoms with Crippen molar-refractivity contribution in [3.8, 4) is 5.75 Å². The number of rotatable bonds is 7. The summed E-state index contributed by atoms with van der Waals surface area (Å²) in [5, 5.41) is 2.85. The largest absolute Gasteiger partial charge is 0.467 e. The summed E-state index contributed by atoms with van der Waals surface area (Å²) in [6.07, 6.45) is 2.53. The van der Waals surface area contributed by atoms with E-state index in [1.165, 1.54) is 0 Å². The van der Waals surface area contributed by atoms with Gasteiger partial charge in [-0.2, -0.15) is 8.42 Å². The molecule has 8 heteroatoms. The van der Waals surface area contributed by atoms with Gasteiger partial charge >= 0.3 is 16.1 Å². The highest BCUT2D eigenvalue weighted by molar-refractivity contribution is 7.86. The highest BCUT2D eigenvalue weighted by Crippen LogP contribution is 2.19. The second kappa shape index (κ2) is 8.62. The number of benzene rings is 2. The molecule has 0 aliphatic heterocycles. The molecule has 0 saturated heterocycles. The van der Waals surface area contributed by atoms with Gasteiger partial charge in [-0.3, -0.25) is 0 Å². The fraction of sp³-hybridized carbons (Fsp3) is 0.150. The number of hydrogen-bond donors (Lipinski definition) is 1. The Bertz CT molecular complexity index is 1020. The third-order valence-corrected chi connectivity index (χ3v) is 4.25. The molecule has 0 saturated carbocycles. The number of amides is 2. The molecule has 28 heavy (non-hydrogen) atoms. The van der Waals surface area contributed by atoms with Crippen molar-refractivity contribution in [2.45, 2.75) is 13.1 Å². The maximum Gasteiger partial charge on any atom is 0.322 e. The average molecular weight is 400 g/mol. The van der Waals surface area contributed by atoms with Crippen LogP contribution in [0.15, 0.2) is 77.4 Å². The fourth-order valence-corrected chi connectivity index (χ4v) is 3.06. The van der Waals surface area contributed by atoms with Gasteiger partial charge in [-0.1, -0.05) is 30.3 Å². The van der Waals surface area contributed by atoms with Crippen molar-refractivity contribution in [3.05, 3.63) is 84.3 Å². The first-order chi connectivity index (χ1) is 13.4. The zero-order chi connectivity index (χ0) is 20.0. The first-order valence-electron chi connectivity index (χ1n) is 8.51. The van der Waals surface area contributed by atoms with Crippen molar-refractivity contribution < 1.29 is 21.8 Å². The Balaban J connectivity index is 1.79. The van der Waals surface area contributed by atoms with Crippen LogP contribution in [-0.4, -0.2) is 25.6 Å². The van der Waals surface area contributed by atoms with E-state index in [9.17, 15) is 13.2 Å². The molecule has 3 aromatic rings. The minimum atomic E-state index is -3.63. The van der Waals surface area contributed by atoms with E-state index in [0.717, 1.165) is 11.8 Å². The summed E-state index contributed by atoms with van der Waals surface area (Å²) in [4.78, 5) is 14.4. The highest BCUT2D eigenvalue weighted by Gasteiger charge is 2.17. The maximum absolute atomic E-state index is 12.8. The zero-order valence-corrected chi connectivity index (χ0v) is 16.1. The monoisotopic (exact) mass is 400 g/mol. The number of para-hydroxylation sites is 1. The molecular formula is C20H20N2O5S.